The van der Waals surface area contributed by atoms with Crippen LogP contribution in [0.15, 0.2) is 0 Å². The number of likely N-dealkylation sites (N-methyl/N-ethyl adjacent to an activating group) is 2. The van der Waals surface area contributed by atoms with Crippen molar-refractivity contribution in [2.45, 2.75) is 25.3 Å². The third kappa shape index (κ3) is 2.57. The summed E-state index contributed by atoms with van der Waals surface area (Å²) in [7, 11) is 3.02. The highest BCUT2D eigenvalue weighted by Crippen LogP contribution is 2.42. The maximum atomic E-state index is 12.4. The molecule has 20 heavy (non-hydrogen) atoms. The van der Waals surface area contributed by atoms with Crippen LogP contribution >= 0.6 is 0 Å². The molecule has 0 spiro atoms. The van der Waals surface area contributed by atoms with Gasteiger partial charge in [-0.25, -0.2) is 9.59 Å². The molecule has 2 rings (SSSR count). The second-order valence-electron chi connectivity index (χ2n) is 5.60. The fraction of sp³-hybridized carbons (Fsp3) is 0.769. The zero-order valence-corrected chi connectivity index (χ0v) is 11.8. The summed E-state index contributed by atoms with van der Waals surface area (Å²) in [6, 6.07) is -1.13. The van der Waals surface area contributed by atoms with Gasteiger partial charge in [0.25, 0.3) is 0 Å². The fourth-order valence-electron chi connectivity index (χ4n) is 3.40. The Morgan fingerprint density at radius 2 is 2.05 bits per heavy atom. The third-order valence-electron chi connectivity index (χ3n) is 4.38. The third-order valence-corrected chi connectivity index (χ3v) is 4.38. The van der Waals surface area contributed by atoms with E-state index in [-0.39, 0.29) is 30.3 Å². The lowest BCUT2D eigenvalue weighted by atomic mass is 9.94. The number of amides is 3. The molecule has 1 saturated heterocycles. The first-order valence-electron chi connectivity index (χ1n) is 6.90. The molecular weight excluding hydrogens is 262 g/mol. The van der Waals surface area contributed by atoms with Crippen LogP contribution in [0.4, 0.5) is 4.79 Å². The number of carbonyl (C=O) groups excluding carboxylic acids is 2. The highest BCUT2D eigenvalue weighted by molar-refractivity contribution is 5.87. The molecule has 7 heteroatoms. The summed E-state index contributed by atoms with van der Waals surface area (Å²) in [5, 5.41) is 11.8. The van der Waals surface area contributed by atoms with E-state index in [0.717, 1.165) is 19.3 Å². The number of aliphatic carboxylic acids is 1. The fourth-order valence-corrected chi connectivity index (χ4v) is 3.40. The summed E-state index contributed by atoms with van der Waals surface area (Å²) < 4.78 is 0. The molecule has 0 aromatic carbocycles. The van der Waals surface area contributed by atoms with Crippen molar-refractivity contribution in [1.29, 1.82) is 0 Å². The Morgan fingerprint density at radius 1 is 1.35 bits per heavy atom. The smallest absolute Gasteiger partial charge is 0.326 e. The molecule has 0 bridgehead atoms. The molecule has 112 valence electrons. The predicted octanol–water partition coefficient (Wildman–Crippen LogP) is -0.0307. The van der Waals surface area contributed by atoms with E-state index in [2.05, 4.69) is 5.32 Å². The number of nitrogens with zero attached hydrogens (tertiary/aromatic N) is 2. The second kappa shape index (κ2) is 5.68. The van der Waals surface area contributed by atoms with Crippen LogP contribution in [0, 0.1) is 11.8 Å². The average molecular weight is 283 g/mol. The minimum absolute atomic E-state index is 0.0600. The standard InChI is InChI=1S/C13H21N3O4/c1-14-10(17)7-15(2)13(20)16-6-8-4-3-5-9(8)11(16)12(18)19/h8-9,11H,3-7H2,1-2H3,(H,14,17)(H,18,19). The number of carbonyl (C=O) groups is 3. The number of hydrogen-bond donors (Lipinski definition) is 2. The summed E-state index contributed by atoms with van der Waals surface area (Å²) in [4.78, 5) is 37.8. The van der Waals surface area contributed by atoms with Crippen molar-refractivity contribution in [2.75, 3.05) is 27.2 Å². The normalized spacial score (nSPS) is 28.1. The van der Waals surface area contributed by atoms with Gasteiger partial charge in [-0.2, -0.15) is 0 Å². The first-order valence-corrected chi connectivity index (χ1v) is 6.90. The van der Waals surface area contributed by atoms with E-state index < -0.39 is 12.0 Å². The molecule has 1 aliphatic carbocycles. The van der Waals surface area contributed by atoms with Gasteiger partial charge in [-0.15, -0.1) is 0 Å². The van der Waals surface area contributed by atoms with Gasteiger partial charge in [0.1, 0.15) is 12.6 Å². The molecule has 2 aliphatic rings. The van der Waals surface area contributed by atoms with Crippen LogP contribution in [0.5, 0.6) is 0 Å². The van der Waals surface area contributed by atoms with E-state index in [9.17, 15) is 19.5 Å². The summed E-state index contributed by atoms with van der Waals surface area (Å²) in [6.07, 6.45) is 2.89. The van der Waals surface area contributed by atoms with Crippen molar-refractivity contribution in [2.24, 2.45) is 11.8 Å². The van der Waals surface area contributed by atoms with Gasteiger partial charge in [-0.1, -0.05) is 6.42 Å². The first-order chi connectivity index (χ1) is 9.45. The van der Waals surface area contributed by atoms with Gasteiger partial charge in [0.2, 0.25) is 5.91 Å². The van der Waals surface area contributed by atoms with Gasteiger partial charge < -0.3 is 20.2 Å². The number of rotatable bonds is 3. The van der Waals surface area contributed by atoms with E-state index in [1.165, 1.54) is 23.9 Å². The van der Waals surface area contributed by atoms with Crippen molar-refractivity contribution in [3.63, 3.8) is 0 Å². The maximum Gasteiger partial charge on any atom is 0.326 e. The Bertz CT molecular complexity index is 426. The molecule has 3 unspecified atom stereocenters. The number of carboxylic acids is 1. The van der Waals surface area contributed by atoms with Crippen LogP contribution in [-0.2, 0) is 9.59 Å². The zero-order chi connectivity index (χ0) is 14.9. The van der Waals surface area contributed by atoms with Gasteiger partial charge in [0.05, 0.1) is 0 Å². The molecule has 1 aliphatic heterocycles. The SMILES string of the molecule is CNC(=O)CN(C)C(=O)N1CC2CCCC2C1C(=O)O. The van der Waals surface area contributed by atoms with E-state index in [0.29, 0.717) is 6.54 Å². The summed E-state index contributed by atoms with van der Waals surface area (Å²) in [6.45, 7) is 0.423. The zero-order valence-electron chi connectivity index (χ0n) is 11.8. The number of urea groups is 1. The van der Waals surface area contributed by atoms with Crippen LogP contribution in [-0.4, -0.2) is 66.0 Å². The van der Waals surface area contributed by atoms with Crippen molar-refractivity contribution >= 4 is 17.9 Å². The highest BCUT2D eigenvalue weighted by Gasteiger charge is 2.50. The average Bonchev–Trinajstić information content (AvgIpc) is 2.96. The van der Waals surface area contributed by atoms with Gasteiger partial charge in [0, 0.05) is 20.6 Å². The first kappa shape index (κ1) is 14.6. The van der Waals surface area contributed by atoms with Gasteiger partial charge >= 0.3 is 12.0 Å². The van der Waals surface area contributed by atoms with Crippen LogP contribution in [0.2, 0.25) is 0 Å². The summed E-state index contributed by atoms with van der Waals surface area (Å²) in [5.74, 6) is -0.869. The van der Waals surface area contributed by atoms with Gasteiger partial charge in [-0.05, 0) is 24.7 Å². The summed E-state index contributed by atoms with van der Waals surface area (Å²) >= 11 is 0. The number of fused-ring (bicyclic) bond motifs is 1. The van der Waals surface area contributed by atoms with E-state index in [1.54, 1.807) is 0 Å². The van der Waals surface area contributed by atoms with Crippen LogP contribution in [0.25, 0.3) is 0 Å². The quantitative estimate of drug-likeness (QED) is 0.761. The van der Waals surface area contributed by atoms with E-state index in [4.69, 9.17) is 0 Å². The van der Waals surface area contributed by atoms with Crippen LogP contribution < -0.4 is 5.32 Å². The molecule has 1 heterocycles. The monoisotopic (exact) mass is 283 g/mol. The van der Waals surface area contributed by atoms with Gasteiger partial charge in [0.15, 0.2) is 0 Å². The number of likely N-dealkylation sites (tertiary alicyclic amines) is 1. The Morgan fingerprint density at radius 3 is 2.65 bits per heavy atom. The second-order valence-corrected chi connectivity index (χ2v) is 5.60. The minimum atomic E-state index is -0.943. The molecule has 3 amide bonds. The van der Waals surface area contributed by atoms with Crippen molar-refractivity contribution in [1.82, 2.24) is 15.1 Å². The van der Waals surface area contributed by atoms with E-state index in [1.807, 2.05) is 0 Å². The van der Waals surface area contributed by atoms with Crippen molar-refractivity contribution < 1.29 is 19.5 Å². The molecule has 1 saturated carbocycles. The minimum Gasteiger partial charge on any atom is -0.480 e. The van der Waals surface area contributed by atoms with Crippen LogP contribution in [0.1, 0.15) is 19.3 Å². The molecule has 2 fully saturated rings. The van der Waals surface area contributed by atoms with Crippen molar-refractivity contribution in [3.8, 4) is 0 Å². The Kier molecular flexibility index (Phi) is 4.15. The number of nitrogens with one attached hydrogen (secondary N) is 1. The van der Waals surface area contributed by atoms with Crippen molar-refractivity contribution in [3.05, 3.63) is 0 Å². The highest BCUT2D eigenvalue weighted by atomic mass is 16.4. The Hall–Kier alpha value is -1.79. The molecule has 0 aromatic heterocycles. The summed E-state index contributed by atoms with van der Waals surface area (Å²) in [5.41, 5.74) is 0. The number of hydrogen-bond acceptors (Lipinski definition) is 3. The molecule has 0 aromatic rings. The Balaban J connectivity index is 2.08. The van der Waals surface area contributed by atoms with Gasteiger partial charge in [-0.3, -0.25) is 4.79 Å². The molecular formula is C13H21N3O4. The predicted molar refractivity (Wildman–Crippen MR) is 71.1 cm³/mol. The molecule has 0 radical (unpaired) electrons. The number of carboxylic acid groups (broad SMARTS) is 1. The molecule has 3 atom stereocenters. The largest absolute Gasteiger partial charge is 0.480 e. The van der Waals surface area contributed by atoms with E-state index >= 15 is 0 Å². The molecule has 7 nitrogen and oxygen atoms in total. The lowest BCUT2D eigenvalue weighted by Gasteiger charge is -2.28. The lowest BCUT2D eigenvalue weighted by Crippen LogP contribution is -2.50. The molecule has 2 N–H and O–H groups in total. The Labute approximate surface area is 117 Å². The van der Waals surface area contributed by atoms with Crippen LogP contribution in [0.3, 0.4) is 0 Å². The lowest BCUT2D eigenvalue weighted by molar-refractivity contribution is -0.142. The topological polar surface area (TPSA) is 90.0 Å². The maximum absolute atomic E-state index is 12.4.